The van der Waals surface area contributed by atoms with Crippen LogP contribution in [0.3, 0.4) is 0 Å². The zero-order chi connectivity index (χ0) is 14.0. The molecule has 0 aliphatic carbocycles. The molecule has 0 N–H and O–H groups in total. The Labute approximate surface area is 121 Å². The number of hydrogen-bond acceptors (Lipinski definition) is 1. The fraction of sp³-hybridized carbons (Fsp3) is 0.889. The molecule has 0 aliphatic heterocycles. The largest absolute Gasteiger partial charge is 0.447 e. The molecule has 19 heavy (non-hydrogen) atoms. The zero-order valence-corrected chi connectivity index (χ0v) is 13.1. The molecule has 0 rings (SSSR count). The van der Waals surface area contributed by atoms with Crippen molar-refractivity contribution in [2.24, 2.45) is 0 Å². The molecule has 1 heteroatoms. The van der Waals surface area contributed by atoms with Gasteiger partial charge in [-0.1, -0.05) is 96.8 Å². The number of rotatable bonds is 15. The lowest BCUT2D eigenvalue weighted by Gasteiger charge is -2.03. The quantitative estimate of drug-likeness (QED) is 0.258. The molecule has 112 valence electrons. The van der Waals surface area contributed by atoms with Crippen LogP contribution >= 0.6 is 0 Å². The summed E-state index contributed by atoms with van der Waals surface area (Å²) in [6.07, 6.45) is 26.6. The summed E-state index contributed by atoms with van der Waals surface area (Å²) in [7, 11) is 0. The van der Waals surface area contributed by atoms with Gasteiger partial charge >= 0.3 is 0 Å². The Hall–Kier alpha value is -0.640. The zero-order valence-electron chi connectivity index (χ0n) is 13.1. The maximum atomic E-state index is 5.01. The number of terminal acetylenes is 1. The van der Waals surface area contributed by atoms with Crippen LogP contribution in [0.15, 0.2) is 0 Å². The molecule has 0 amide bonds. The highest BCUT2D eigenvalue weighted by Gasteiger charge is 1.94. The van der Waals surface area contributed by atoms with Crippen molar-refractivity contribution in [3.05, 3.63) is 0 Å². The van der Waals surface area contributed by atoms with Crippen molar-refractivity contribution in [1.82, 2.24) is 0 Å². The van der Waals surface area contributed by atoms with Crippen LogP contribution in [-0.2, 0) is 4.74 Å². The summed E-state index contributed by atoms with van der Waals surface area (Å²) in [4.78, 5) is 0. The highest BCUT2D eigenvalue weighted by Crippen LogP contribution is 2.12. The first-order chi connectivity index (χ1) is 9.41. The molecule has 0 saturated carbocycles. The lowest BCUT2D eigenvalue weighted by atomic mass is 10.0. The second-order valence-electron chi connectivity index (χ2n) is 5.56. The van der Waals surface area contributed by atoms with Crippen molar-refractivity contribution in [1.29, 1.82) is 0 Å². The molecule has 0 aromatic carbocycles. The van der Waals surface area contributed by atoms with E-state index in [0.29, 0.717) is 0 Å². The predicted octanol–water partition coefficient (Wildman–Crippen LogP) is 6.08. The minimum absolute atomic E-state index is 0.731. The van der Waals surface area contributed by atoms with E-state index in [-0.39, 0.29) is 0 Å². The van der Waals surface area contributed by atoms with Crippen LogP contribution < -0.4 is 0 Å². The fourth-order valence-corrected chi connectivity index (χ4v) is 2.43. The minimum Gasteiger partial charge on any atom is -0.447 e. The van der Waals surface area contributed by atoms with Gasteiger partial charge in [-0.15, -0.1) is 0 Å². The molecule has 0 heterocycles. The van der Waals surface area contributed by atoms with E-state index in [4.69, 9.17) is 11.2 Å². The van der Waals surface area contributed by atoms with Crippen molar-refractivity contribution in [3.8, 4) is 12.5 Å². The smallest absolute Gasteiger partial charge is 0.106 e. The van der Waals surface area contributed by atoms with Crippen LogP contribution in [0.4, 0.5) is 0 Å². The van der Waals surface area contributed by atoms with E-state index in [1.165, 1.54) is 83.5 Å². The Kier molecular flexibility index (Phi) is 16.8. The van der Waals surface area contributed by atoms with E-state index in [9.17, 15) is 0 Å². The average molecular weight is 266 g/mol. The summed E-state index contributed by atoms with van der Waals surface area (Å²) < 4.78 is 4.87. The summed E-state index contributed by atoms with van der Waals surface area (Å²) in [5.41, 5.74) is 0. The van der Waals surface area contributed by atoms with Crippen LogP contribution in [0, 0.1) is 12.5 Å². The third-order valence-electron chi connectivity index (χ3n) is 3.68. The van der Waals surface area contributed by atoms with E-state index >= 15 is 0 Å². The standard InChI is InChI=1S/C18H34O/c1-3-5-6-7-8-9-10-11-12-13-14-15-16-17-18-19-4-2/h2H,3,5-18H2,1H3. The topological polar surface area (TPSA) is 9.23 Å². The van der Waals surface area contributed by atoms with Crippen molar-refractivity contribution >= 4 is 0 Å². The summed E-state index contributed by atoms with van der Waals surface area (Å²) in [5.74, 6) is 0. The molecule has 0 fully saturated rings. The molecule has 0 aromatic rings. The van der Waals surface area contributed by atoms with Crippen LogP contribution in [0.25, 0.3) is 0 Å². The van der Waals surface area contributed by atoms with Crippen LogP contribution in [0.5, 0.6) is 0 Å². The maximum absolute atomic E-state index is 5.01. The van der Waals surface area contributed by atoms with Gasteiger partial charge in [0.15, 0.2) is 0 Å². The van der Waals surface area contributed by atoms with Crippen molar-refractivity contribution in [2.75, 3.05) is 6.61 Å². The van der Waals surface area contributed by atoms with Gasteiger partial charge in [-0.3, -0.25) is 0 Å². The van der Waals surface area contributed by atoms with Gasteiger partial charge in [0.1, 0.15) is 12.7 Å². The van der Waals surface area contributed by atoms with Gasteiger partial charge < -0.3 is 4.74 Å². The maximum Gasteiger partial charge on any atom is 0.106 e. The molecule has 0 bridgehead atoms. The molecular weight excluding hydrogens is 232 g/mol. The Morgan fingerprint density at radius 1 is 0.632 bits per heavy atom. The van der Waals surface area contributed by atoms with Crippen LogP contribution in [0.2, 0.25) is 0 Å². The molecule has 0 aliphatic rings. The Balaban J connectivity index is 2.90. The summed E-state index contributed by atoms with van der Waals surface area (Å²) in [5, 5.41) is 0. The van der Waals surface area contributed by atoms with Gasteiger partial charge in [0.25, 0.3) is 0 Å². The van der Waals surface area contributed by atoms with E-state index < -0.39 is 0 Å². The van der Waals surface area contributed by atoms with E-state index in [1.807, 2.05) is 0 Å². The van der Waals surface area contributed by atoms with Crippen molar-refractivity contribution in [2.45, 2.75) is 96.8 Å². The monoisotopic (exact) mass is 266 g/mol. The summed E-state index contributed by atoms with van der Waals surface area (Å²) >= 11 is 0. The molecular formula is C18H34O. The molecule has 0 atom stereocenters. The van der Waals surface area contributed by atoms with E-state index in [1.54, 1.807) is 0 Å². The number of hydrogen-bond donors (Lipinski definition) is 0. The fourth-order valence-electron chi connectivity index (χ4n) is 2.43. The van der Waals surface area contributed by atoms with Gasteiger partial charge in [0, 0.05) is 0 Å². The number of ether oxygens (including phenoxy) is 1. The number of unbranched alkanes of at least 4 members (excludes halogenated alkanes) is 13. The van der Waals surface area contributed by atoms with E-state index in [2.05, 4.69) is 13.0 Å². The summed E-state index contributed by atoms with van der Waals surface area (Å²) in [6, 6.07) is 0. The highest BCUT2D eigenvalue weighted by atomic mass is 16.5. The van der Waals surface area contributed by atoms with Crippen molar-refractivity contribution in [3.63, 3.8) is 0 Å². The summed E-state index contributed by atoms with van der Waals surface area (Å²) in [6.45, 7) is 3.01. The van der Waals surface area contributed by atoms with Gasteiger partial charge in [-0.2, -0.15) is 0 Å². The third-order valence-corrected chi connectivity index (χ3v) is 3.68. The van der Waals surface area contributed by atoms with Gasteiger partial charge in [-0.25, -0.2) is 0 Å². The second kappa shape index (κ2) is 17.4. The normalized spacial score (nSPS) is 10.3. The minimum atomic E-state index is 0.731. The molecule has 0 spiro atoms. The molecule has 0 radical (unpaired) electrons. The van der Waals surface area contributed by atoms with Gasteiger partial charge in [0.05, 0.1) is 0 Å². The third kappa shape index (κ3) is 17.4. The molecule has 0 saturated heterocycles. The van der Waals surface area contributed by atoms with Gasteiger partial charge in [-0.05, 0) is 6.42 Å². The highest BCUT2D eigenvalue weighted by molar-refractivity contribution is 4.67. The van der Waals surface area contributed by atoms with Crippen LogP contribution in [0.1, 0.15) is 96.8 Å². The van der Waals surface area contributed by atoms with Gasteiger partial charge in [0.2, 0.25) is 0 Å². The second-order valence-corrected chi connectivity index (χ2v) is 5.56. The lowest BCUT2D eigenvalue weighted by molar-refractivity contribution is 0.267. The first kappa shape index (κ1) is 18.4. The molecule has 1 nitrogen and oxygen atoms in total. The van der Waals surface area contributed by atoms with E-state index in [0.717, 1.165) is 13.0 Å². The Morgan fingerprint density at radius 2 is 1.00 bits per heavy atom. The Bertz CT molecular complexity index is 192. The average Bonchev–Trinajstić information content (AvgIpc) is 2.43. The first-order valence-corrected chi connectivity index (χ1v) is 8.49. The first-order valence-electron chi connectivity index (χ1n) is 8.49. The Morgan fingerprint density at radius 3 is 1.37 bits per heavy atom. The van der Waals surface area contributed by atoms with Crippen molar-refractivity contribution < 1.29 is 4.74 Å². The molecule has 0 aromatic heterocycles. The lowest BCUT2D eigenvalue weighted by Crippen LogP contribution is -1.88. The predicted molar refractivity (Wildman–Crippen MR) is 85.1 cm³/mol. The van der Waals surface area contributed by atoms with Crippen LogP contribution in [-0.4, -0.2) is 6.61 Å². The molecule has 0 unspecified atom stereocenters. The SMILES string of the molecule is C#COCCCCCCCCCCCCCCCC.